The van der Waals surface area contributed by atoms with E-state index in [2.05, 4.69) is 127 Å². The molecule has 0 N–H and O–H groups in total. The Hall–Kier alpha value is -3.55. The van der Waals surface area contributed by atoms with Crippen LogP contribution < -0.4 is 0 Å². The number of hydrogen-bond donors (Lipinski definition) is 0. The molecule has 2 aliphatic rings. The molecule has 0 amide bonds. The van der Waals surface area contributed by atoms with Crippen LogP contribution in [0.3, 0.4) is 0 Å². The van der Waals surface area contributed by atoms with Crippen molar-refractivity contribution in [2.45, 2.75) is 11.5 Å². The van der Waals surface area contributed by atoms with Gasteiger partial charge < -0.3 is 4.90 Å². The summed E-state index contributed by atoms with van der Waals surface area (Å²) in [5.41, 5.74) is 8.44. The predicted molar refractivity (Wildman–Crippen MR) is 138 cm³/mol. The van der Waals surface area contributed by atoms with E-state index in [1.165, 1.54) is 38.9 Å². The van der Waals surface area contributed by atoms with Crippen molar-refractivity contribution in [2.24, 2.45) is 0 Å². The van der Waals surface area contributed by atoms with E-state index in [0.29, 0.717) is 0 Å². The highest BCUT2D eigenvalue weighted by Crippen LogP contribution is 2.57. The molecule has 160 valence electrons. The molecule has 0 aromatic heterocycles. The van der Waals surface area contributed by atoms with Crippen LogP contribution in [0, 0.1) is 0 Å². The van der Waals surface area contributed by atoms with Crippen LogP contribution in [-0.2, 0) is 5.41 Å². The highest BCUT2D eigenvalue weighted by atomic mass is 35.5. The molecule has 0 radical (unpaired) electrons. The Morgan fingerprint density at radius 2 is 1.30 bits per heavy atom. The number of halogens is 1. The van der Waals surface area contributed by atoms with Gasteiger partial charge in [0.15, 0.2) is 0 Å². The molecule has 0 fully saturated rings. The minimum atomic E-state index is -0.430. The largest absolute Gasteiger partial charge is 0.370 e. The van der Waals surface area contributed by atoms with Crippen LogP contribution in [0.4, 0.5) is 0 Å². The van der Waals surface area contributed by atoms with Crippen LogP contribution in [0.1, 0.15) is 33.9 Å². The van der Waals surface area contributed by atoms with Gasteiger partial charge in [-0.3, -0.25) is 0 Å². The van der Waals surface area contributed by atoms with Gasteiger partial charge in [0.1, 0.15) is 0 Å². The van der Waals surface area contributed by atoms with Crippen molar-refractivity contribution >= 4 is 11.6 Å². The summed E-state index contributed by atoms with van der Waals surface area (Å²) in [6, 6.07) is 35.2. The molecule has 1 atom stereocenters. The van der Waals surface area contributed by atoms with Gasteiger partial charge in [-0.25, -0.2) is 0 Å². The van der Waals surface area contributed by atoms with Gasteiger partial charge in [0, 0.05) is 12.1 Å². The molecule has 0 bridgehead atoms. The predicted octanol–water partition coefficient (Wildman–Crippen LogP) is 7.76. The van der Waals surface area contributed by atoms with E-state index in [9.17, 15) is 0 Å². The zero-order valence-electron chi connectivity index (χ0n) is 18.4. The van der Waals surface area contributed by atoms with E-state index in [4.69, 9.17) is 11.6 Å². The first kappa shape index (κ1) is 20.1. The number of rotatable bonds is 3. The third kappa shape index (κ3) is 3.00. The Balaban J connectivity index is 1.71. The van der Waals surface area contributed by atoms with Crippen LogP contribution in [0.15, 0.2) is 121 Å². The molecular weight excluding hydrogens is 422 g/mol. The van der Waals surface area contributed by atoms with E-state index < -0.39 is 5.41 Å². The molecule has 4 aromatic carbocycles. The maximum Gasteiger partial charge on any atom is 0.0721 e. The maximum absolute atomic E-state index is 6.62. The number of nitrogens with zero attached hydrogens (tertiary/aromatic N) is 1. The fourth-order valence-electron chi connectivity index (χ4n) is 5.59. The van der Waals surface area contributed by atoms with E-state index in [1.54, 1.807) is 0 Å². The fourth-order valence-corrected chi connectivity index (χ4v) is 5.76. The molecule has 1 aliphatic heterocycles. The zero-order valence-corrected chi connectivity index (χ0v) is 19.2. The Kier molecular flexibility index (Phi) is 4.74. The highest BCUT2D eigenvalue weighted by molar-refractivity contribution is 6.30. The standard InChI is InChI=1S/C31H24ClN/c1-33-19-9-8-14-30(33)22-15-17-26-27-18-16-25(32)21-29(27)31(28(26)20-22,23-10-4-2-5-11-23)24-12-6-3-7-13-24/h2-21,30H,1H3. The number of benzene rings is 4. The van der Waals surface area contributed by atoms with Crippen LogP contribution in [0.25, 0.3) is 11.1 Å². The Bertz CT molecular complexity index is 1350. The van der Waals surface area contributed by atoms with Gasteiger partial charge in [-0.2, -0.15) is 0 Å². The van der Waals surface area contributed by atoms with Crippen molar-refractivity contribution in [3.8, 4) is 11.1 Å². The van der Waals surface area contributed by atoms with E-state index in [-0.39, 0.29) is 6.04 Å². The number of fused-ring (bicyclic) bond motifs is 3. The smallest absolute Gasteiger partial charge is 0.0721 e. The van der Waals surface area contributed by atoms with Crippen molar-refractivity contribution < 1.29 is 0 Å². The molecular formula is C31H24ClN. The molecule has 2 heteroatoms. The summed E-state index contributed by atoms with van der Waals surface area (Å²) in [5, 5.41) is 0.762. The maximum atomic E-state index is 6.62. The van der Waals surface area contributed by atoms with Gasteiger partial charge in [0.2, 0.25) is 0 Å². The molecule has 0 saturated heterocycles. The topological polar surface area (TPSA) is 3.24 Å². The third-order valence-electron chi connectivity index (χ3n) is 7.04. The molecule has 1 unspecified atom stereocenters. The Labute approximate surface area is 200 Å². The molecule has 33 heavy (non-hydrogen) atoms. The average Bonchev–Trinajstić information content (AvgIpc) is 3.15. The summed E-state index contributed by atoms with van der Waals surface area (Å²) in [6.07, 6.45) is 8.61. The second-order valence-electron chi connectivity index (χ2n) is 8.81. The Morgan fingerprint density at radius 3 is 1.94 bits per heavy atom. The van der Waals surface area contributed by atoms with Gasteiger partial charge in [-0.15, -0.1) is 0 Å². The number of allylic oxidation sites excluding steroid dienone is 2. The average molecular weight is 446 g/mol. The van der Waals surface area contributed by atoms with Gasteiger partial charge in [-0.05, 0) is 63.4 Å². The fraction of sp³-hybridized carbons (Fsp3) is 0.0968. The summed E-state index contributed by atoms with van der Waals surface area (Å²) in [4.78, 5) is 2.26. The SMILES string of the molecule is CN1C=CC=CC1c1ccc2c(c1)C(c1ccccc1)(c1ccccc1)c1cc(Cl)ccc1-2. The minimum absolute atomic E-state index is 0.205. The van der Waals surface area contributed by atoms with E-state index in [0.717, 1.165) is 5.02 Å². The van der Waals surface area contributed by atoms with Crippen molar-refractivity contribution in [3.05, 3.63) is 154 Å². The quantitative estimate of drug-likeness (QED) is 0.274. The normalized spacial score (nSPS) is 17.6. The first-order chi connectivity index (χ1) is 16.2. The second-order valence-corrected chi connectivity index (χ2v) is 9.25. The zero-order chi connectivity index (χ0) is 22.4. The monoisotopic (exact) mass is 445 g/mol. The summed E-state index contributed by atoms with van der Waals surface area (Å²) in [7, 11) is 2.13. The highest BCUT2D eigenvalue weighted by Gasteiger charge is 2.46. The van der Waals surface area contributed by atoms with Crippen LogP contribution >= 0.6 is 11.6 Å². The lowest BCUT2D eigenvalue weighted by Crippen LogP contribution is -2.29. The van der Waals surface area contributed by atoms with E-state index in [1.807, 2.05) is 6.07 Å². The lowest BCUT2D eigenvalue weighted by atomic mass is 9.67. The minimum Gasteiger partial charge on any atom is -0.370 e. The summed E-state index contributed by atoms with van der Waals surface area (Å²) < 4.78 is 0. The third-order valence-corrected chi connectivity index (χ3v) is 7.28. The van der Waals surface area contributed by atoms with Crippen molar-refractivity contribution in [1.82, 2.24) is 4.90 Å². The van der Waals surface area contributed by atoms with Crippen molar-refractivity contribution in [2.75, 3.05) is 7.05 Å². The number of hydrogen-bond acceptors (Lipinski definition) is 1. The first-order valence-corrected chi connectivity index (χ1v) is 11.7. The first-order valence-electron chi connectivity index (χ1n) is 11.3. The van der Waals surface area contributed by atoms with Crippen molar-refractivity contribution in [1.29, 1.82) is 0 Å². The van der Waals surface area contributed by atoms with Gasteiger partial charge >= 0.3 is 0 Å². The summed E-state index contributed by atoms with van der Waals surface area (Å²) >= 11 is 6.62. The molecule has 0 spiro atoms. The molecule has 6 rings (SSSR count). The molecule has 4 aromatic rings. The summed E-state index contributed by atoms with van der Waals surface area (Å²) in [5.74, 6) is 0. The van der Waals surface area contributed by atoms with Crippen molar-refractivity contribution in [3.63, 3.8) is 0 Å². The lowest BCUT2D eigenvalue weighted by molar-refractivity contribution is 0.389. The summed E-state index contributed by atoms with van der Waals surface area (Å²) in [6.45, 7) is 0. The molecule has 1 nitrogen and oxygen atoms in total. The van der Waals surface area contributed by atoms with Gasteiger partial charge in [0.05, 0.1) is 11.5 Å². The Morgan fingerprint density at radius 1 is 0.697 bits per heavy atom. The van der Waals surface area contributed by atoms with Crippen LogP contribution in [0.5, 0.6) is 0 Å². The molecule has 0 saturated carbocycles. The van der Waals surface area contributed by atoms with Gasteiger partial charge in [0.25, 0.3) is 0 Å². The number of likely N-dealkylation sites (N-methyl/N-ethyl adjacent to an activating group) is 1. The van der Waals surface area contributed by atoms with Crippen LogP contribution in [-0.4, -0.2) is 11.9 Å². The molecule has 1 heterocycles. The second kappa shape index (κ2) is 7.79. The lowest BCUT2D eigenvalue weighted by Gasteiger charge is -2.35. The van der Waals surface area contributed by atoms with Crippen LogP contribution in [0.2, 0.25) is 5.02 Å². The van der Waals surface area contributed by atoms with E-state index >= 15 is 0 Å². The molecule has 1 aliphatic carbocycles. The van der Waals surface area contributed by atoms with Gasteiger partial charge in [-0.1, -0.05) is 109 Å².